The van der Waals surface area contributed by atoms with Gasteiger partial charge in [-0.15, -0.1) is 0 Å². The molecule has 0 aromatic carbocycles. The molecule has 0 aliphatic rings. The lowest BCUT2D eigenvalue weighted by Crippen LogP contribution is -2.23. The Morgan fingerprint density at radius 1 is 1.42 bits per heavy atom. The summed E-state index contributed by atoms with van der Waals surface area (Å²) in [5, 5.41) is 0. The molecule has 0 aliphatic carbocycles. The average molecular weight is 173 g/mol. The van der Waals surface area contributed by atoms with E-state index in [0.29, 0.717) is 18.9 Å². The second-order valence-corrected chi connectivity index (χ2v) is 3.51. The zero-order valence-electron chi connectivity index (χ0n) is 8.46. The van der Waals surface area contributed by atoms with E-state index < -0.39 is 0 Å². The van der Waals surface area contributed by atoms with E-state index in [1.54, 1.807) is 19.0 Å². The van der Waals surface area contributed by atoms with E-state index in [1.807, 2.05) is 0 Å². The van der Waals surface area contributed by atoms with E-state index in [1.165, 1.54) is 0 Å². The van der Waals surface area contributed by atoms with Crippen LogP contribution < -0.4 is 0 Å². The minimum absolute atomic E-state index is 0.124. The van der Waals surface area contributed by atoms with Crippen molar-refractivity contribution in [3.8, 4) is 0 Å². The molecule has 3 nitrogen and oxygen atoms in total. The van der Waals surface area contributed by atoms with Crippen LogP contribution in [0.1, 0.15) is 20.3 Å². The molecular weight excluding hydrogens is 154 g/mol. The highest BCUT2D eigenvalue weighted by Gasteiger charge is 2.02. The van der Waals surface area contributed by atoms with Crippen LogP contribution in [0.15, 0.2) is 0 Å². The summed E-state index contributed by atoms with van der Waals surface area (Å²) in [7, 11) is 3.51. The molecule has 0 unspecified atom stereocenters. The van der Waals surface area contributed by atoms with Crippen molar-refractivity contribution in [3.05, 3.63) is 0 Å². The molecule has 0 spiro atoms. The van der Waals surface area contributed by atoms with Gasteiger partial charge < -0.3 is 9.64 Å². The molecule has 1 amide bonds. The fourth-order valence-electron chi connectivity index (χ4n) is 0.702. The molecule has 12 heavy (non-hydrogen) atoms. The van der Waals surface area contributed by atoms with E-state index in [4.69, 9.17) is 4.74 Å². The third-order valence-corrected chi connectivity index (χ3v) is 1.41. The van der Waals surface area contributed by atoms with Crippen molar-refractivity contribution in [2.45, 2.75) is 20.3 Å². The highest BCUT2D eigenvalue weighted by Crippen LogP contribution is 1.94. The number of hydrogen-bond donors (Lipinski definition) is 0. The monoisotopic (exact) mass is 173 g/mol. The van der Waals surface area contributed by atoms with Gasteiger partial charge in [-0.1, -0.05) is 13.8 Å². The first-order valence-electron chi connectivity index (χ1n) is 4.32. The van der Waals surface area contributed by atoms with E-state index >= 15 is 0 Å². The largest absolute Gasteiger partial charge is 0.381 e. The molecule has 0 fully saturated rings. The van der Waals surface area contributed by atoms with Crippen LogP contribution in [0.3, 0.4) is 0 Å². The van der Waals surface area contributed by atoms with Crippen LogP contribution in [-0.2, 0) is 9.53 Å². The second-order valence-electron chi connectivity index (χ2n) is 3.51. The van der Waals surface area contributed by atoms with Crippen molar-refractivity contribution in [1.29, 1.82) is 0 Å². The number of nitrogens with zero attached hydrogens (tertiary/aromatic N) is 1. The summed E-state index contributed by atoms with van der Waals surface area (Å²) in [6.45, 7) is 5.46. The van der Waals surface area contributed by atoms with Gasteiger partial charge in [0.15, 0.2) is 0 Å². The van der Waals surface area contributed by atoms with E-state index in [-0.39, 0.29) is 5.91 Å². The molecule has 0 bridgehead atoms. The average Bonchev–Trinajstić information content (AvgIpc) is 1.97. The molecule has 0 radical (unpaired) electrons. The Hall–Kier alpha value is -0.570. The number of ether oxygens (including phenoxy) is 1. The zero-order valence-corrected chi connectivity index (χ0v) is 8.46. The molecule has 0 saturated carbocycles. The summed E-state index contributed by atoms with van der Waals surface area (Å²) in [6, 6.07) is 0. The highest BCUT2D eigenvalue weighted by molar-refractivity contribution is 5.75. The maximum atomic E-state index is 11.0. The van der Waals surface area contributed by atoms with Gasteiger partial charge in [0.25, 0.3) is 0 Å². The summed E-state index contributed by atoms with van der Waals surface area (Å²) in [5.41, 5.74) is 0. The van der Waals surface area contributed by atoms with E-state index in [0.717, 1.165) is 6.61 Å². The van der Waals surface area contributed by atoms with Gasteiger partial charge >= 0.3 is 0 Å². The summed E-state index contributed by atoms with van der Waals surface area (Å²) >= 11 is 0. The normalized spacial score (nSPS) is 10.4. The van der Waals surface area contributed by atoms with Gasteiger partial charge in [-0.05, 0) is 5.92 Å². The SMILES string of the molecule is CC(C)COCCC(=O)N(C)C. The van der Waals surface area contributed by atoms with Gasteiger partial charge in [-0.25, -0.2) is 0 Å². The topological polar surface area (TPSA) is 29.5 Å². The first kappa shape index (κ1) is 11.4. The van der Waals surface area contributed by atoms with Crippen molar-refractivity contribution < 1.29 is 9.53 Å². The molecule has 72 valence electrons. The standard InChI is InChI=1S/C9H19NO2/c1-8(2)7-12-6-5-9(11)10(3)4/h8H,5-7H2,1-4H3. The lowest BCUT2D eigenvalue weighted by Gasteiger charge is -2.10. The summed E-state index contributed by atoms with van der Waals surface area (Å²) in [5.74, 6) is 0.665. The van der Waals surface area contributed by atoms with Gasteiger partial charge in [-0.3, -0.25) is 4.79 Å². The third kappa shape index (κ3) is 6.16. The van der Waals surface area contributed by atoms with Gasteiger partial charge in [-0.2, -0.15) is 0 Å². The van der Waals surface area contributed by atoms with Crippen molar-refractivity contribution in [2.24, 2.45) is 5.92 Å². The van der Waals surface area contributed by atoms with Gasteiger partial charge in [0.2, 0.25) is 5.91 Å². The predicted molar refractivity (Wildman–Crippen MR) is 49.0 cm³/mol. The molecular formula is C9H19NO2. The maximum absolute atomic E-state index is 11.0. The molecule has 0 rings (SSSR count). The number of hydrogen-bond acceptors (Lipinski definition) is 2. The molecule has 0 aliphatic heterocycles. The maximum Gasteiger partial charge on any atom is 0.224 e. The highest BCUT2D eigenvalue weighted by atomic mass is 16.5. The number of carbonyl (C=O) groups excluding carboxylic acids is 1. The Balaban J connectivity index is 3.26. The van der Waals surface area contributed by atoms with Crippen molar-refractivity contribution in [3.63, 3.8) is 0 Å². The van der Waals surface area contributed by atoms with Gasteiger partial charge in [0.05, 0.1) is 13.0 Å². The van der Waals surface area contributed by atoms with Crippen LogP contribution in [0.25, 0.3) is 0 Å². The fourth-order valence-corrected chi connectivity index (χ4v) is 0.702. The molecule has 0 atom stereocenters. The predicted octanol–water partition coefficient (Wildman–Crippen LogP) is 1.14. The Kier molecular flexibility index (Phi) is 5.72. The van der Waals surface area contributed by atoms with Crippen LogP contribution in [0.2, 0.25) is 0 Å². The van der Waals surface area contributed by atoms with E-state index in [9.17, 15) is 4.79 Å². The summed E-state index contributed by atoms with van der Waals surface area (Å²) < 4.78 is 5.27. The fraction of sp³-hybridized carbons (Fsp3) is 0.889. The van der Waals surface area contributed by atoms with Gasteiger partial charge in [0.1, 0.15) is 0 Å². The first-order chi connectivity index (χ1) is 5.54. The van der Waals surface area contributed by atoms with E-state index in [2.05, 4.69) is 13.8 Å². The van der Waals surface area contributed by atoms with Crippen LogP contribution in [0.4, 0.5) is 0 Å². The molecule has 0 N–H and O–H groups in total. The van der Waals surface area contributed by atoms with Crippen LogP contribution in [-0.4, -0.2) is 38.1 Å². The smallest absolute Gasteiger partial charge is 0.224 e. The quantitative estimate of drug-likeness (QED) is 0.583. The Labute approximate surface area is 74.7 Å². The minimum atomic E-state index is 0.124. The van der Waals surface area contributed by atoms with Crippen molar-refractivity contribution >= 4 is 5.91 Å². The van der Waals surface area contributed by atoms with Gasteiger partial charge in [0, 0.05) is 20.7 Å². The number of rotatable bonds is 5. The molecule has 0 aromatic heterocycles. The van der Waals surface area contributed by atoms with Crippen LogP contribution >= 0.6 is 0 Å². The minimum Gasteiger partial charge on any atom is -0.381 e. The molecule has 0 heterocycles. The third-order valence-electron chi connectivity index (χ3n) is 1.41. The number of carbonyl (C=O) groups is 1. The van der Waals surface area contributed by atoms with Crippen LogP contribution in [0, 0.1) is 5.92 Å². The lowest BCUT2D eigenvalue weighted by atomic mass is 10.2. The van der Waals surface area contributed by atoms with Crippen molar-refractivity contribution in [2.75, 3.05) is 27.3 Å². The Morgan fingerprint density at radius 3 is 2.42 bits per heavy atom. The first-order valence-corrected chi connectivity index (χ1v) is 4.32. The summed E-state index contributed by atoms with van der Waals surface area (Å²) in [4.78, 5) is 12.6. The molecule has 3 heteroatoms. The summed E-state index contributed by atoms with van der Waals surface area (Å²) in [6.07, 6.45) is 0.486. The molecule has 0 aromatic rings. The van der Waals surface area contributed by atoms with Crippen LogP contribution in [0.5, 0.6) is 0 Å². The number of amides is 1. The molecule has 0 saturated heterocycles. The zero-order chi connectivity index (χ0) is 9.56. The van der Waals surface area contributed by atoms with Crippen molar-refractivity contribution in [1.82, 2.24) is 4.90 Å². The second kappa shape index (κ2) is 6.00. The lowest BCUT2D eigenvalue weighted by molar-refractivity contribution is -0.129. The Bertz CT molecular complexity index is 132. The Morgan fingerprint density at radius 2 is 2.00 bits per heavy atom.